The van der Waals surface area contributed by atoms with Crippen molar-refractivity contribution in [2.24, 2.45) is 0 Å². The van der Waals surface area contributed by atoms with Gasteiger partial charge in [0.2, 0.25) is 0 Å². The minimum Gasteiger partial charge on any atom is -0.358 e. The van der Waals surface area contributed by atoms with E-state index in [1.165, 1.54) is 18.4 Å². The second-order valence-corrected chi connectivity index (χ2v) is 6.00. The topological polar surface area (TPSA) is 36.1 Å². The first kappa shape index (κ1) is 16.8. The number of aromatic nitrogens is 1. The van der Waals surface area contributed by atoms with Crippen LogP contribution >= 0.6 is 0 Å². The second-order valence-electron chi connectivity index (χ2n) is 6.00. The van der Waals surface area contributed by atoms with Crippen LogP contribution in [0.15, 0.2) is 23.0 Å². The van der Waals surface area contributed by atoms with Gasteiger partial charge in [-0.2, -0.15) is 0 Å². The fraction of sp³-hybridized carbons (Fsp3) is 0.526. The number of hydrogen-bond acceptors (Lipinski definition) is 2. The molecule has 0 saturated carbocycles. The van der Waals surface area contributed by atoms with Gasteiger partial charge in [-0.1, -0.05) is 33.3 Å². The maximum Gasteiger partial charge on any atom is 0.194 e. The largest absolute Gasteiger partial charge is 0.358 e. The minimum atomic E-state index is 0.191. The Morgan fingerprint density at radius 2 is 1.86 bits per heavy atom. The molecule has 1 aromatic carbocycles. The van der Waals surface area contributed by atoms with Gasteiger partial charge in [0, 0.05) is 28.7 Å². The van der Waals surface area contributed by atoms with Crippen molar-refractivity contribution in [3.05, 3.63) is 45.2 Å². The van der Waals surface area contributed by atoms with Crippen molar-refractivity contribution in [3.63, 3.8) is 0 Å². The molecule has 2 aromatic rings. The van der Waals surface area contributed by atoms with Crippen LogP contribution in [0.3, 0.4) is 0 Å². The van der Waals surface area contributed by atoms with Crippen molar-refractivity contribution in [1.29, 1.82) is 0 Å². The molecule has 0 radical (unpaired) electrons. The van der Waals surface area contributed by atoms with Crippen molar-refractivity contribution in [3.8, 4) is 0 Å². The van der Waals surface area contributed by atoms with Gasteiger partial charge >= 0.3 is 0 Å². The number of hydrogen-bond donors (Lipinski definition) is 1. The predicted octanol–water partition coefficient (Wildman–Crippen LogP) is 4.02. The lowest BCUT2D eigenvalue weighted by molar-refractivity contribution is 0.294. The molecule has 1 N–H and O–H groups in total. The zero-order valence-corrected chi connectivity index (χ0v) is 14.3. The number of aryl methyl sites for hydroxylation is 2. The molecule has 0 unspecified atom stereocenters. The standard InChI is InChI=1S/C19H28N2O/c1-5-8-9-15-10-11-18-16(12-15)19(22)17(14(4)20-18)13-21(6-2)7-3/h10-12H,5-9,13H2,1-4H3,(H,20,22). The van der Waals surface area contributed by atoms with Crippen LogP contribution in [0.1, 0.15) is 50.4 Å². The lowest BCUT2D eigenvalue weighted by Crippen LogP contribution is -2.27. The number of rotatable bonds is 7. The van der Waals surface area contributed by atoms with Crippen molar-refractivity contribution >= 4 is 10.9 Å². The third-order valence-corrected chi connectivity index (χ3v) is 4.47. The molecule has 1 aromatic heterocycles. The lowest BCUT2D eigenvalue weighted by atomic mass is 10.0. The molecule has 22 heavy (non-hydrogen) atoms. The van der Waals surface area contributed by atoms with E-state index in [2.05, 4.69) is 48.9 Å². The van der Waals surface area contributed by atoms with E-state index in [1.54, 1.807) is 0 Å². The highest BCUT2D eigenvalue weighted by Gasteiger charge is 2.12. The molecule has 0 amide bonds. The van der Waals surface area contributed by atoms with Crippen LogP contribution in [0.25, 0.3) is 10.9 Å². The molecular formula is C19H28N2O. The first-order valence-corrected chi connectivity index (χ1v) is 8.47. The van der Waals surface area contributed by atoms with E-state index >= 15 is 0 Å². The van der Waals surface area contributed by atoms with E-state index in [1.807, 2.05) is 6.92 Å². The summed E-state index contributed by atoms with van der Waals surface area (Å²) in [5, 5.41) is 0.835. The highest BCUT2D eigenvalue weighted by Crippen LogP contribution is 2.16. The Morgan fingerprint density at radius 3 is 2.50 bits per heavy atom. The van der Waals surface area contributed by atoms with Gasteiger partial charge in [0.25, 0.3) is 0 Å². The molecule has 0 bridgehead atoms. The molecule has 0 fully saturated rings. The number of nitrogens with zero attached hydrogens (tertiary/aromatic N) is 1. The SMILES string of the molecule is CCCCc1ccc2[nH]c(C)c(CN(CC)CC)c(=O)c2c1. The number of unbranched alkanes of at least 4 members (excludes halogenated alkanes) is 1. The highest BCUT2D eigenvalue weighted by atomic mass is 16.1. The third kappa shape index (κ3) is 3.58. The maximum atomic E-state index is 12.9. The van der Waals surface area contributed by atoms with Crippen molar-refractivity contribution in [2.45, 2.75) is 53.5 Å². The van der Waals surface area contributed by atoms with Crippen molar-refractivity contribution < 1.29 is 0 Å². The summed E-state index contributed by atoms with van der Waals surface area (Å²) < 4.78 is 0. The van der Waals surface area contributed by atoms with Gasteiger partial charge in [0.05, 0.1) is 0 Å². The second kappa shape index (κ2) is 7.59. The monoisotopic (exact) mass is 300 g/mol. The summed E-state index contributed by atoms with van der Waals surface area (Å²) in [6.45, 7) is 11.1. The summed E-state index contributed by atoms with van der Waals surface area (Å²) in [6, 6.07) is 6.27. The molecule has 0 aliphatic carbocycles. The first-order valence-electron chi connectivity index (χ1n) is 8.47. The van der Waals surface area contributed by atoms with Gasteiger partial charge in [-0.15, -0.1) is 0 Å². The Labute approximate surface area is 133 Å². The van der Waals surface area contributed by atoms with E-state index in [-0.39, 0.29) is 5.43 Å². The molecule has 3 nitrogen and oxygen atoms in total. The first-order chi connectivity index (χ1) is 10.6. The Morgan fingerprint density at radius 1 is 1.14 bits per heavy atom. The van der Waals surface area contributed by atoms with Gasteiger partial charge < -0.3 is 4.98 Å². The number of aromatic amines is 1. The molecule has 1 heterocycles. The number of nitrogens with one attached hydrogen (secondary N) is 1. The zero-order chi connectivity index (χ0) is 16.1. The number of benzene rings is 1. The Balaban J connectivity index is 2.46. The fourth-order valence-corrected chi connectivity index (χ4v) is 2.90. The van der Waals surface area contributed by atoms with Crippen LogP contribution in [0, 0.1) is 6.92 Å². The highest BCUT2D eigenvalue weighted by molar-refractivity contribution is 5.80. The molecule has 0 atom stereocenters. The normalized spacial score (nSPS) is 11.5. The number of pyridine rings is 1. The molecule has 2 rings (SSSR count). The Bertz CT molecular complexity index is 684. The van der Waals surface area contributed by atoms with E-state index in [4.69, 9.17) is 0 Å². The van der Waals surface area contributed by atoms with Gasteiger partial charge in [0.15, 0.2) is 5.43 Å². The summed E-state index contributed by atoms with van der Waals surface area (Å²) in [4.78, 5) is 18.6. The van der Waals surface area contributed by atoms with Crippen LogP contribution in [-0.4, -0.2) is 23.0 Å². The van der Waals surface area contributed by atoms with Crippen LogP contribution in [0.2, 0.25) is 0 Å². The summed E-state index contributed by atoms with van der Waals surface area (Å²) in [5.41, 5.74) is 4.30. The third-order valence-electron chi connectivity index (χ3n) is 4.47. The van der Waals surface area contributed by atoms with Gasteiger partial charge in [-0.3, -0.25) is 9.69 Å². The van der Waals surface area contributed by atoms with Crippen LogP contribution in [-0.2, 0) is 13.0 Å². The summed E-state index contributed by atoms with van der Waals surface area (Å²) in [7, 11) is 0. The summed E-state index contributed by atoms with van der Waals surface area (Å²) in [6.07, 6.45) is 3.39. The van der Waals surface area contributed by atoms with Gasteiger partial charge in [0.1, 0.15) is 0 Å². The summed E-state index contributed by atoms with van der Waals surface area (Å²) >= 11 is 0. The van der Waals surface area contributed by atoms with Crippen molar-refractivity contribution in [2.75, 3.05) is 13.1 Å². The lowest BCUT2D eigenvalue weighted by Gasteiger charge is -2.19. The van der Waals surface area contributed by atoms with Gasteiger partial charge in [-0.05, 0) is 50.6 Å². The van der Waals surface area contributed by atoms with Crippen LogP contribution in [0.4, 0.5) is 0 Å². The van der Waals surface area contributed by atoms with E-state index < -0.39 is 0 Å². The Hall–Kier alpha value is -1.61. The average molecular weight is 300 g/mol. The molecule has 0 aliphatic heterocycles. The molecule has 0 aliphatic rings. The molecule has 3 heteroatoms. The van der Waals surface area contributed by atoms with Crippen LogP contribution in [0.5, 0.6) is 0 Å². The zero-order valence-electron chi connectivity index (χ0n) is 14.3. The number of H-pyrrole nitrogens is 1. The maximum absolute atomic E-state index is 12.9. The average Bonchev–Trinajstić information content (AvgIpc) is 2.53. The summed E-state index contributed by atoms with van der Waals surface area (Å²) in [5.74, 6) is 0. The molecule has 120 valence electrons. The smallest absolute Gasteiger partial charge is 0.194 e. The predicted molar refractivity (Wildman–Crippen MR) is 94.5 cm³/mol. The number of fused-ring (bicyclic) bond motifs is 1. The van der Waals surface area contributed by atoms with E-state index in [0.29, 0.717) is 0 Å². The molecular weight excluding hydrogens is 272 g/mol. The quantitative estimate of drug-likeness (QED) is 0.838. The van der Waals surface area contributed by atoms with E-state index in [0.717, 1.165) is 48.2 Å². The molecule has 0 saturated heterocycles. The van der Waals surface area contributed by atoms with E-state index in [9.17, 15) is 4.79 Å². The van der Waals surface area contributed by atoms with Gasteiger partial charge in [-0.25, -0.2) is 0 Å². The Kier molecular flexibility index (Phi) is 5.78. The fourth-order valence-electron chi connectivity index (χ4n) is 2.90. The van der Waals surface area contributed by atoms with Crippen LogP contribution < -0.4 is 5.43 Å². The molecule has 0 spiro atoms. The van der Waals surface area contributed by atoms with Crippen molar-refractivity contribution in [1.82, 2.24) is 9.88 Å². The minimum absolute atomic E-state index is 0.191.